The molecule has 13 heteroatoms. The van der Waals surface area contributed by atoms with Gasteiger partial charge in [0.05, 0.1) is 11.7 Å². The Hall–Kier alpha value is -4.20. The number of hydroxylamine groups is 2. The molecule has 256 valence electrons. The number of likely N-dealkylation sites (N-methyl/N-ethyl adjacent to an activating group) is 1. The molecule has 48 heavy (non-hydrogen) atoms. The fourth-order valence-electron chi connectivity index (χ4n) is 7.68. The number of carbonyl (C=O) groups excluding carboxylic acids is 3. The third kappa shape index (κ3) is 7.43. The van der Waals surface area contributed by atoms with Gasteiger partial charge in [-0.2, -0.15) is 5.10 Å². The van der Waals surface area contributed by atoms with Gasteiger partial charge in [-0.25, -0.2) is 9.59 Å². The number of nitrogens with one attached hydrogen (secondary N) is 3. The lowest BCUT2D eigenvalue weighted by atomic mass is 9.99. The number of urea groups is 1. The Morgan fingerprint density at radius 3 is 2.48 bits per heavy atom. The van der Waals surface area contributed by atoms with Crippen LogP contribution in [-0.2, 0) is 22.5 Å². The van der Waals surface area contributed by atoms with Gasteiger partial charge in [-0.05, 0) is 68.5 Å². The lowest BCUT2D eigenvalue weighted by Gasteiger charge is -2.42. The number of piperidine rings is 2. The molecule has 3 saturated heterocycles. The number of aromatic amines is 1. The largest absolute Gasteiger partial charge is 0.426 e. The summed E-state index contributed by atoms with van der Waals surface area (Å²) in [7, 11) is 2.17. The van der Waals surface area contributed by atoms with Gasteiger partial charge in [0.1, 0.15) is 6.04 Å². The summed E-state index contributed by atoms with van der Waals surface area (Å²) < 4.78 is 0. The molecule has 1 atom stereocenters. The number of hydrogen-bond acceptors (Lipinski definition) is 8. The first-order valence-electron chi connectivity index (χ1n) is 17.4. The van der Waals surface area contributed by atoms with Crippen molar-refractivity contribution in [3.8, 4) is 0 Å². The zero-order valence-electron chi connectivity index (χ0n) is 27.8. The number of H-pyrrole nitrogens is 1. The highest BCUT2D eigenvalue weighted by molar-refractivity contribution is 5.91. The van der Waals surface area contributed by atoms with Crippen LogP contribution in [0.4, 0.5) is 15.3 Å². The van der Waals surface area contributed by atoms with E-state index in [1.54, 1.807) is 11.3 Å². The Kier molecular flexibility index (Phi) is 9.78. The first-order chi connectivity index (χ1) is 23.4. The molecule has 0 spiro atoms. The minimum Gasteiger partial charge on any atom is -0.351 e. The fourth-order valence-corrected chi connectivity index (χ4v) is 7.68. The molecule has 0 bridgehead atoms. The van der Waals surface area contributed by atoms with Crippen molar-refractivity contribution in [1.82, 2.24) is 40.2 Å². The topological polar surface area (TPSA) is 129 Å². The summed E-state index contributed by atoms with van der Waals surface area (Å²) in [5, 5.41) is 15.7. The number of anilines is 1. The molecule has 0 radical (unpaired) electrons. The zero-order chi connectivity index (χ0) is 33.0. The molecule has 4 aliphatic rings. The van der Waals surface area contributed by atoms with Crippen LogP contribution in [0.2, 0.25) is 0 Å². The number of rotatable bonds is 7. The van der Waals surface area contributed by atoms with Crippen molar-refractivity contribution in [2.45, 2.75) is 56.7 Å². The predicted molar refractivity (Wildman–Crippen MR) is 182 cm³/mol. The number of amides is 4. The van der Waals surface area contributed by atoms with Gasteiger partial charge >= 0.3 is 12.1 Å². The minimum atomic E-state index is -0.762. The zero-order valence-corrected chi connectivity index (χ0v) is 27.8. The van der Waals surface area contributed by atoms with Crippen molar-refractivity contribution in [1.29, 1.82) is 0 Å². The molecule has 7 rings (SSSR count). The molecule has 3 fully saturated rings. The summed E-state index contributed by atoms with van der Waals surface area (Å²) in [6.45, 7) is 7.29. The summed E-state index contributed by atoms with van der Waals surface area (Å²) >= 11 is 0. The summed E-state index contributed by atoms with van der Waals surface area (Å²) in [6, 6.07) is 13.6. The number of carbonyl (C=O) groups is 3. The minimum absolute atomic E-state index is 0.0585. The molecule has 4 amide bonds. The van der Waals surface area contributed by atoms with Gasteiger partial charge in [0, 0.05) is 88.5 Å². The van der Waals surface area contributed by atoms with Gasteiger partial charge in [-0.15, -0.1) is 5.06 Å². The Balaban J connectivity index is 0.950. The van der Waals surface area contributed by atoms with Crippen molar-refractivity contribution in [2.24, 2.45) is 0 Å². The molecule has 3 N–H and O–H groups in total. The van der Waals surface area contributed by atoms with Crippen LogP contribution >= 0.6 is 0 Å². The van der Waals surface area contributed by atoms with Crippen LogP contribution in [0, 0.1) is 0 Å². The summed E-state index contributed by atoms with van der Waals surface area (Å²) in [5.74, 6) is -0.0806. The van der Waals surface area contributed by atoms with Crippen LogP contribution in [0.15, 0.2) is 48.7 Å². The van der Waals surface area contributed by atoms with Gasteiger partial charge in [-0.3, -0.25) is 14.8 Å². The quantitative estimate of drug-likeness (QED) is 0.354. The lowest BCUT2D eigenvalue weighted by Crippen LogP contribution is -2.56. The summed E-state index contributed by atoms with van der Waals surface area (Å²) in [5.41, 5.74) is 3.87. The Labute approximate surface area is 281 Å². The van der Waals surface area contributed by atoms with Crippen molar-refractivity contribution in [2.75, 3.05) is 71.3 Å². The maximum atomic E-state index is 14.0. The third-order valence-corrected chi connectivity index (χ3v) is 10.6. The molecule has 1 unspecified atom stereocenters. The molecule has 0 saturated carbocycles. The number of nitrogens with zero attached hydrogens (tertiary/aromatic N) is 6. The Morgan fingerprint density at radius 1 is 0.938 bits per heavy atom. The van der Waals surface area contributed by atoms with Crippen molar-refractivity contribution < 1.29 is 19.2 Å². The maximum absolute atomic E-state index is 14.0. The number of benzene rings is 2. The number of aromatic nitrogens is 2. The average Bonchev–Trinajstić information content (AvgIpc) is 3.50. The molecule has 0 aliphatic carbocycles. The molecule has 4 aliphatic heterocycles. The second kappa shape index (κ2) is 14.5. The van der Waals surface area contributed by atoms with E-state index in [1.807, 2.05) is 46.2 Å². The van der Waals surface area contributed by atoms with Crippen LogP contribution in [-0.4, -0.2) is 137 Å². The maximum Gasteiger partial charge on any atom is 0.426 e. The molecule has 2 aromatic carbocycles. The highest BCUT2D eigenvalue weighted by Gasteiger charge is 2.34. The van der Waals surface area contributed by atoms with E-state index < -0.39 is 12.1 Å². The van der Waals surface area contributed by atoms with E-state index in [0.29, 0.717) is 58.0 Å². The van der Waals surface area contributed by atoms with E-state index in [4.69, 9.17) is 4.84 Å². The van der Waals surface area contributed by atoms with Crippen LogP contribution in [0.25, 0.3) is 10.9 Å². The van der Waals surface area contributed by atoms with E-state index in [9.17, 15) is 14.4 Å². The van der Waals surface area contributed by atoms with Gasteiger partial charge in [-0.1, -0.05) is 24.3 Å². The number of hydrogen-bond donors (Lipinski definition) is 3. The molecule has 1 aromatic heterocycles. The van der Waals surface area contributed by atoms with E-state index in [1.165, 1.54) is 0 Å². The SMILES string of the molecule is CN1CCN(C2CCN(C(=O)C(Cc3ccc4[nH]ncc4c3)NC(=O)ON3CCC(N4CCc5ccccc5NC4=O)CC3)CC2)CC1. The van der Waals surface area contributed by atoms with Crippen molar-refractivity contribution >= 4 is 34.6 Å². The van der Waals surface area contributed by atoms with Crippen LogP contribution < -0.4 is 10.6 Å². The summed E-state index contributed by atoms with van der Waals surface area (Å²) in [4.78, 5) is 54.8. The lowest BCUT2D eigenvalue weighted by molar-refractivity contribution is -0.137. The highest BCUT2D eigenvalue weighted by Crippen LogP contribution is 2.25. The molecule has 3 aromatic rings. The molecule has 13 nitrogen and oxygen atoms in total. The predicted octanol–water partition coefficient (Wildman–Crippen LogP) is 2.91. The van der Waals surface area contributed by atoms with E-state index in [-0.39, 0.29) is 18.0 Å². The normalized spacial score (nSPS) is 21.4. The van der Waals surface area contributed by atoms with E-state index in [2.05, 4.69) is 43.7 Å². The number of likely N-dealkylation sites (tertiary alicyclic amines) is 1. The number of piperazine rings is 1. The van der Waals surface area contributed by atoms with Crippen molar-refractivity contribution in [3.63, 3.8) is 0 Å². The first kappa shape index (κ1) is 32.4. The fraction of sp³-hybridized carbons (Fsp3) is 0.543. The smallest absolute Gasteiger partial charge is 0.351 e. The third-order valence-electron chi connectivity index (χ3n) is 10.6. The van der Waals surface area contributed by atoms with Crippen LogP contribution in [0.1, 0.15) is 36.8 Å². The molecular formula is C35H47N9O4. The van der Waals surface area contributed by atoms with Crippen LogP contribution in [0.5, 0.6) is 0 Å². The Bertz CT molecular complexity index is 1590. The number of para-hydroxylation sites is 1. The van der Waals surface area contributed by atoms with Crippen molar-refractivity contribution in [3.05, 3.63) is 59.8 Å². The summed E-state index contributed by atoms with van der Waals surface area (Å²) in [6.07, 6.45) is 5.52. The average molecular weight is 658 g/mol. The van der Waals surface area contributed by atoms with Gasteiger partial charge < -0.3 is 30.2 Å². The molecule has 5 heterocycles. The number of fused-ring (bicyclic) bond motifs is 2. The molecular weight excluding hydrogens is 610 g/mol. The second-order valence-electron chi connectivity index (χ2n) is 13.7. The second-order valence-corrected chi connectivity index (χ2v) is 13.7. The van der Waals surface area contributed by atoms with Gasteiger partial charge in [0.25, 0.3) is 0 Å². The van der Waals surface area contributed by atoms with Crippen LogP contribution in [0.3, 0.4) is 0 Å². The highest BCUT2D eigenvalue weighted by atomic mass is 16.7. The van der Waals surface area contributed by atoms with Gasteiger partial charge in [0.2, 0.25) is 5.91 Å². The first-order valence-corrected chi connectivity index (χ1v) is 17.4. The van der Waals surface area contributed by atoms with Gasteiger partial charge in [0.15, 0.2) is 0 Å². The standard InChI is InChI=1S/C35H47N9O4/c1-40-18-20-41(21-19-40)28-9-13-42(14-10-28)33(45)32(23-25-6-7-31-27(22-25)24-36-39-31)38-35(47)48-43-15-11-29(12-16-43)44-17-8-26-4-2-3-5-30(26)37-34(44)46/h2-7,22,24,28-29,32H,8-21,23H2,1H3,(H,36,39)(H,37,46)(H,38,47). The van der Waals surface area contributed by atoms with E-state index in [0.717, 1.165) is 73.2 Å². The van der Waals surface area contributed by atoms with E-state index >= 15 is 0 Å². The Morgan fingerprint density at radius 2 is 1.69 bits per heavy atom. The monoisotopic (exact) mass is 657 g/mol.